The maximum Gasteiger partial charge on any atom is 0.290 e. The highest BCUT2D eigenvalue weighted by Crippen LogP contribution is 2.20. The normalized spacial score (nSPS) is 17.4. The average molecular weight is 264 g/mol. The van der Waals surface area contributed by atoms with Crippen LogP contribution in [0.5, 0.6) is 0 Å². The zero-order chi connectivity index (χ0) is 13.8. The second-order valence-corrected chi connectivity index (χ2v) is 4.91. The molecule has 2 heterocycles. The smallest absolute Gasteiger partial charge is 0.290 e. The van der Waals surface area contributed by atoms with Gasteiger partial charge in [-0.1, -0.05) is 6.92 Å². The first-order valence-electron chi connectivity index (χ1n) is 6.71. The molecule has 1 fully saturated rings. The van der Waals surface area contributed by atoms with Gasteiger partial charge in [0.1, 0.15) is 11.5 Å². The van der Waals surface area contributed by atoms with Gasteiger partial charge in [0.05, 0.1) is 4.92 Å². The van der Waals surface area contributed by atoms with Crippen LogP contribution in [0.4, 0.5) is 11.5 Å². The number of rotatable bonds is 4. The Morgan fingerprint density at radius 2 is 2.16 bits per heavy atom. The average Bonchev–Trinajstić information content (AvgIpc) is 2.39. The molecule has 0 unspecified atom stereocenters. The minimum atomic E-state index is -0.397. The van der Waals surface area contributed by atoms with E-state index in [2.05, 4.69) is 22.1 Å². The van der Waals surface area contributed by atoms with Crippen molar-refractivity contribution in [3.63, 3.8) is 0 Å². The molecule has 104 valence electrons. The topological polar surface area (TPSA) is 71.3 Å². The largest absolute Gasteiger partial charge is 0.367 e. The summed E-state index contributed by atoms with van der Waals surface area (Å²) in [6.07, 6.45) is 2.18. The van der Waals surface area contributed by atoms with Gasteiger partial charge in [0.15, 0.2) is 0 Å². The van der Waals surface area contributed by atoms with Crippen LogP contribution >= 0.6 is 0 Å². The minimum absolute atomic E-state index is 0.0753. The molecule has 1 saturated heterocycles. The number of likely N-dealkylation sites (tertiary alicyclic amines) is 1. The molecule has 6 nitrogen and oxygen atoms in total. The van der Waals surface area contributed by atoms with E-state index in [1.165, 1.54) is 6.07 Å². The van der Waals surface area contributed by atoms with Crippen molar-refractivity contribution in [1.29, 1.82) is 0 Å². The third-order valence-electron chi connectivity index (χ3n) is 3.64. The summed E-state index contributed by atoms with van der Waals surface area (Å²) < 4.78 is 0. The molecule has 0 spiro atoms. The van der Waals surface area contributed by atoms with E-state index in [9.17, 15) is 10.1 Å². The number of nitrogens with zero attached hydrogens (tertiary/aromatic N) is 3. The van der Waals surface area contributed by atoms with Crippen molar-refractivity contribution in [2.45, 2.75) is 32.7 Å². The van der Waals surface area contributed by atoms with Gasteiger partial charge in [-0.25, -0.2) is 4.98 Å². The molecule has 1 aromatic rings. The lowest BCUT2D eigenvalue weighted by Gasteiger charge is -2.31. The summed E-state index contributed by atoms with van der Waals surface area (Å²) in [5.41, 5.74) is 0.535. The summed E-state index contributed by atoms with van der Waals surface area (Å²) in [5, 5.41) is 14.1. The lowest BCUT2D eigenvalue weighted by molar-refractivity contribution is -0.385. The van der Waals surface area contributed by atoms with Crippen molar-refractivity contribution in [3.8, 4) is 0 Å². The van der Waals surface area contributed by atoms with Crippen LogP contribution in [0.15, 0.2) is 12.1 Å². The van der Waals surface area contributed by atoms with Crippen LogP contribution in [-0.4, -0.2) is 40.5 Å². The number of piperidine rings is 1. The van der Waals surface area contributed by atoms with E-state index in [-0.39, 0.29) is 5.69 Å². The van der Waals surface area contributed by atoms with E-state index in [1.54, 1.807) is 13.0 Å². The van der Waals surface area contributed by atoms with Gasteiger partial charge in [0.2, 0.25) is 0 Å². The molecule has 1 aromatic heterocycles. The Kier molecular flexibility index (Phi) is 4.31. The first-order valence-corrected chi connectivity index (χ1v) is 6.71. The molecule has 0 aromatic carbocycles. The van der Waals surface area contributed by atoms with Crippen LogP contribution < -0.4 is 5.32 Å². The number of hydrogen-bond acceptors (Lipinski definition) is 5. The molecular formula is C13H20N4O2. The monoisotopic (exact) mass is 264 g/mol. The fraction of sp³-hybridized carbons (Fsp3) is 0.615. The Labute approximate surface area is 113 Å². The Bertz CT molecular complexity index is 456. The highest BCUT2D eigenvalue weighted by atomic mass is 16.6. The predicted molar refractivity (Wildman–Crippen MR) is 74.4 cm³/mol. The quantitative estimate of drug-likeness (QED) is 0.666. The van der Waals surface area contributed by atoms with Crippen molar-refractivity contribution in [1.82, 2.24) is 9.88 Å². The van der Waals surface area contributed by atoms with Gasteiger partial charge in [-0.05, 0) is 32.4 Å². The predicted octanol–water partition coefficient (Wildman–Crippen LogP) is 2.19. The molecule has 1 N–H and O–H groups in total. The fourth-order valence-corrected chi connectivity index (χ4v) is 2.43. The van der Waals surface area contributed by atoms with Crippen LogP contribution in [-0.2, 0) is 0 Å². The third kappa shape index (κ3) is 3.41. The minimum Gasteiger partial charge on any atom is -0.367 e. The van der Waals surface area contributed by atoms with E-state index in [0.717, 1.165) is 38.3 Å². The van der Waals surface area contributed by atoms with Crippen molar-refractivity contribution >= 4 is 11.5 Å². The lowest BCUT2D eigenvalue weighted by Crippen LogP contribution is -2.39. The summed E-state index contributed by atoms with van der Waals surface area (Å²) >= 11 is 0. The van der Waals surface area contributed by atoms with Crippen LogP contribution in [0.2, 0.25) is 0 Å². The van der Waals surface area contributed by atoms with Gasteiger partial charge in [-0.15, -0.1) is 0 Å². The van der Waals surface area contributed by atoms with Crippen LogP contribution in [0, 0.1) is 17.0 Å². The molecular weight excluding hydrogens is 244 g/mol. The number of aromatic nitrogens is 1. The first-order chi connectivity index (χ1) is 9.10. The maximum absolute atomic E-state index is 10.7. The molecule has 0 saturated carbocycles. The molecule has 1 aliphatic heterocycles. The number of nitrogens with one attached hydrogen (secondary N) is 1. The second-order valence-electron chi connectivity index (χ2n) is 4.91. The highest BCUT2D eigenvalue weighted by molar-refractivity contribution is 5.45. The number of anilines is 1. The van der Waals surface area contributed by atoms with Crippen molar-refractivity contribution in [2.75, 3.05) is 25.0 Å². The zero-order valence-electron chi connectivity index (χ0n) is 11.4. The Morgan fingerprint density at radius 3 is 2.68 bits per heavy atom. The third-order valence-corrected chi connectivity index (χ3v) is 3.64. The van der Waals surface area contributed by atoms with Gasteiger partial charge in [0.25, 0.3) is 5.69 Å². The van der Waals surface area contributed by atoms with E-state index >= 15 is 0 Å². The van der Waals surface area contributed by atoms with Gasteiger partial charge in [-0.3, -0.25) is 10.1 Å². The molecule has 0 bridgehead atoms. The summed E-state index contributed by atoms with van der Waals surface area (Å²) in [4.78, 5) is 17.0. The second kappa shape index (κ2) is 5.97. The van der Waals surface area contributed by atoms with E-state index in [0.29, 0.717) is 11.7 Å². The van der Waals surface area contributed by atoms with E-state index in [1.807, 2.05) is 0 Å². The molecule has 0 atom stereocenters. The molecule has 0 amide bonds. The van der Waals surface area contributed by atoms with Crippen LogP contribution in [0.25, 0.3) is 0 Å². The Morgan fingerprint density at radius 1 is 1.47 bits per heavy atom. The molecule has 6 heteroatoms. The highest BCUT2D eigenvalue weighted by Gasteiger charge is 2.19. The standard InChI is InChI=1S/C13H20N4O2/c1-3-16-8-6-11(7-9-16)15-13-5-4-12(17(18)19)10(2)14-13/h4-5,11H,3,6-9H2,1-2H3,(H,14,15). The fourth-order valence-electron chi connectivity index (χ4n) is 2.43. The zero-order valence-corrected chi connectivity index (χ0v) is 11.4. The molecule has 0 radical (unpaired) electrons. The van der Waals surface area contributed by atoms with E-state index < -0.39 is 4.92 Å². The van der Waals surface area contributed by atoms with Gasteiger partial charge in [-0.2, -0.15) is 0 Å². The Balaban J connectivity index is 1.97. The molecule has 1 aliphatic rings. The van der Waals surface area contributed by atoms with Gasteiger partial charge < -0.3 is 10.2 Å². The van der Waals surface area contributed by atoms with Gasteiger partial charge >= 0.3 is 0 Å². The first kappa shape index (κ1) is 13.7. The maximum atomic E-state index is 10.7. The van der Waals surface area contributed by atoms with Gasteiger partial charge in [0, 0.05) is 25.2 Å². The Hall–Kier alpha value is -1.69. The van der Waals surface area contributed by atoms with Crippen molar-refractivity contribution in [2.24, 2.45) is 0 Å². The molecule has 19 heavy (non-hydrogen) atoms. The SMILES string of the molecule is CCN1CCC(Nc2ccc([N+](=O)[O-])c(C)n2)CC1. The number of aryl methyl sites for hydroxylation is 1. The molecule has 0 aliphatic carbocycles. The number of pyridine rings is 1. The summed E-state index contributed by atoms with van der Waals surface area (Å²) in [7, 11) is 0. The summed E-state index contributed by atoms with van der Waals surface area (Å²) in [6, 6.07) is 3.62. The summed E-state index contributed by atoms with van der Waals surface area (Å²) in [6.45, 7) is 7.14. The number of nitro groups is 1. The number of hydrogen-bond donors (Lipinski definition) is 1. The summed E-state index contributed by atoms with van der Waals surface area (Å²) in [5.74, 6) is 0.734. The van der Waals surface area contributed by atoms with Crippen molar-refractivity contribution in [3.05, 3.63) is 27.9 Å². The molecule has 2 rings (SSSR count). The lowest BCUT2D eigenvalue weighted by atomic mass is 10.1. The van der Waals surface area contributed by atoms with Crippen molar-refractivity contribution < 1.29 is 4.92 Å². The van der Waals surface area contributed by atoms with Crippen LogP contribution in [0.1, 0.15) is 25.5 Å². The van der Waals surface area contributed by atoms with Crippen LogP contribution in [0.3, 0.4) is 0 Å². The van der Waals surface area contributed by atoms with E-state index in [4.69, 9.17) is 0 Å².